The number of hydrogen-bond acceptors (Lipinski definition) is 4. The van der Waals surface area contributed by atoms with E-state index in [2.05, 4.69) is 5.32 Å². The van der Waals surface area contributed by atoms with Gasteiger partial charge in [-0.3, -0.25) is 9.59 Å². The van der Waals surface area contributed by atoms with Gasteiger partial charge in [-0.1, -0.05) is 12.1 Å². The summed E-state index contributed by atoms with van der Waals surface area (Å²) in [5, 5.41) is 2.62. The summed E-state index contributed by atoms with van der Waals surface area (Å²) in [5.74, 6) is -0.362. The fraction of sp³-hybridized carbons (Fsp3) is 0.300. The van der Waals surface area contributed by atoms with Crippen molar-refractivity contribution >= 4 is 17.5 Å². The van der Waals surface area contributed by atoms with Crippen LogP contribution in [0.15, 0.2) is 42.5 Å². The van der Waals surface area contributed by atoms with Gasteiger partial charge in [0, 0.05) is 18.3 Å². The highest BCUT2D eigenvalue weighted by Crippen LogP contribution is 2.33. The van der Waals surface area contributed by atoms with Gasteiger partial charge in [0.15, 0.2) is 11.5 Å². The van der Waals surface area contributed by atoms with Gasteiger partial charge in [-0.25, -0.2) is 0 Å². The minimum absolute atomic E-state index is 0.0690. The molecule has 154 valence electrons. The van der Waals surface area contributed by atoms with Gasteiger partial charge in [0.05, 0.1) is 11.1 Å². The molecule has 29 heavy (non-hydrogen) atoms. The first-order valence-electron chi connectivity index (χ1n) is 8.94. The number of nitrogens with one attached hydrogen (secondary N) is 1. The van der Waals surface area contributed by atoms with Gasteiger partial charge in [-0.05, 0) is 31.2 Å². The van der Waals surface area contributed by atoms with Crippen molar-refractivity contribution in [3.63, 3.8) is 0 Å². The lowest BCUT2D eigenvalue weighted by atomic mass is 10.1. The highest BCUT2D eigenvalue weighted by Gasteiger charge is 2.36. The number of carbonyl (C=O) groups is 2. The van der Waals surface area contributed by atoms with Crippen LogP contribution in [-0.4, -0.2) is 43.0 Å². The van der Waals surface area contributed by atoms with Crippen LogP contribution >= 0.6 is 0 Å². The Morgan fingerprint density at radius 2 is 1.76 bits per heavy atom. The Kier molecular flexibility index (Phi) is 5.95. The summed E-state index contributed by atoms with van der Waals surface area (Å²) in [6.07, 6.45) is -4.67. The molecule has 2 amide bonds. The van der Waals surface area contributed by atoms with Gasteiger partial charge >= 0.3 is 6.18 Å². The summed E-state index contributed by atoms with van der Waals surface area (Å²) in [6, 6.07) is 9.36. The van der Waals surface area contributed by atoms with E-state index in [1.54, 1.807) is 25.1 Å². The van der Waals surface area contributed by atoms with Crippen molar-refractivity contribution in [1.29, 1.82) is 0 Å². The molecule has 0 saturated heterocycles. The Balaban J connectivity index is 1.71. The van der Waals surface area contributed by atoms with Crippen LogP contribution in [0.2, 0.25) is 0 Å². The van der Waals surface area contributed by atoms with Crippen molar-refractivity contribution in [2.45, 2.75) is 13.1 Å². The van der Waals surface area contributed by atoms with E-state index in [-0.39, 0.29) is 6.54 Å². The van der Waals surface area contributed by atoms with Crippen LogP contribution in [-0.2, 0) is 11.0 Å². The van der Waals surface area contributed by atoms with Gasteiger partial charge in [0.1, 0.15) is 19.8 Å². The zero-order valence-corrected chi connectivity index (χ0v) is 15.6. The number of alkyl halides is 3. The van der Waals surface area contributed by atoms with Gasteiger partial charge in [-0.2, -0.15) is 13.2 Å². The Morgan fingerprint density at radius 3 is 2.45 bits per heavy atom. The zero-order chi connectivity index (χ0) is 21.0. The number of anilines is 1. The van der Waals surface area contributed by atoms with Crippen molar-refractivity contribution < 1.29 is 32.2 Å². The third-order valence-corrected chi connectivity index (χ3v) is 4.29. The summed E-state index contributed by atoms with van der Waals surface area (Å²) in [4.78, 5) is 26.1. The second-order valence-corrected chi connectivity index (χ2v) is 6.27. The molecule has 9 heteroatoms. The molecule has 0 bridgehead atoms. The molecule has 1 heterocycles. The molecule has 0 aliphatic carbocycles. The lowest BCUT2D eigenvalue weighted by molar-refractivity contribution is -0.138. The molecule has 3 rings (SSSR count). The zero-order valence-electron chi connectivity index (χ0n) is 15.6. The second-order valence-electron chi connectivity index (χ2n) is 6.27. The first kappa shape index (κ1) is 20.5. The SMILES string of the molecule is CCN(CC(=O)Nc1ccc2c(c1)OCCO2)C(=O)c1ccccc1C(F)(F)F. The van der Waals surface area contributed by atoms with E-state index in [0.717, 1.165) is 17.0 Å². The molecule has 2 aromatic rings. The number of hydrogen-bond donors (Lipinski definition) is 1. The first-order valence-corrected chi connectivity index (χ1v) is 8.94. The maximum Gasteiger partial charge on any atom is 0.417 e. The largest absolute Gasteiger partial charge is 0.486 e. The first-order chi connectivity index (χ1) is 13.8. The van der Waals surface area contributed by atoms with E-state index < -0.39 is 35.7 Å². The summed E-state index contributed by atoms with van der Waals surface area (Å²) < 4.78 is 50.4. The van der Waals surface area contributed by atoms with Gasteiger partial charge in [0.2, 0.25) is 5.91 Å². The molecule has 1 N–H and O–H groups in total. The second kappa shape index (κ2) is 8.42. The van der Waals surface area contributed by atoms with Crippen LogP contribution in [0.1, 0.15) is 22.8 Å². The van der Waals surface area contributed by atoms with Crippen LogP contribution in [0, 0.1) is 0 Å². The quantitative estimate of drug-likeness (QED) is 0.821. The number of carbonyl (C=O) groups excluding carboxylic acids is 2. The fourth-order valence-corrected chi connectivity index (χ4v) is 2.91. The molecular formula is C20H19F3N2O4. The Hall–Kier alpha value is -3.23. The number of fused-ring (bicyclic) bond motifs is 1. The molecule has 0 aromatic heterocycles. The van der Waals surface area contributed by atoms with Gasteiger partial charge < -0.3 is 19.7 Å². The molecule has 0 fully saturated rings. The summed E-state index contributed by atoms with van der Waals surface area (Å²) >= 11 is 0. The summed E-state index contributed by atoms with van der Waals surface area (Å²) in [5.41, 5.74) is -1.09. The number of nitrogens with zero attached hydrogens (tertiary/aromatic N) is 1. The molecule has 0 unspecified atom stereocenters. The third-order valence-electron chi connectivity index (χ3n) is 4.29. The van der Waals surface area contributed by atoms with Crippen LogP contribution in [0.5, 0.6) is 11.5 Å². The van der Waals surface area contributed by atoms with Crippen molar-refractivity contribution in [2.75, 3.05) is 31.6 Å². The normalized spacial score (nSPS) is 13.0. The van der Waals surface area contributed by atoms with Crippen molar-refractivity contribution in [1.82, 2.24) is 4.90 Å². The Labute approximate surface area is 165 Å². The summed E-state index contributed by atoms with van der Waals surface area (Å²) in [7, 11) is 0. The number of benzene rings is 2. The van der Waals surface area contributed by atoms with Crippen molar-refractivity contribution in [3.05, 3.63) is 53.6 Å². The van der Waals surface area contributed by atoms with E-state index in [4.69, 9.17) is 9.47 Å². The van der Waals surface area contributed by atoms with E-state index >= 15 is 0 Å². The highest BCUT2D eigenvalue weighted by molar-refractivity contribution is 6.00. The number of ether oxygens (including phenoxy) is 2. The molecule has 0 radical (unpaired) electrons. The molecule has 6 nitrogen and oxygen atoms in total. The lowest BCUT2D eigenvalue weighted by Crippen LogP contribution is -2.38. The fourth-order valence-electron chi connectivity index (χ4n) is 2.91. The van der Waals surface area contributed by atoms with Crippen molar-refractivity contribution in [2.24, 2.45) is 0 Å². The molecule has 0 saturated carbocycles. The average molecular weight is 408 g/mol. The molecular weight excluding hydrogens is 389 g/mol. The number of rotatable bonds is 5. The average Bonchev–Trinajstić information content (AvgIpc) is 2.70. The lowest BCUT2D eigenvalue weighted by Gasteiger charge is -2.23. The number of likely N-dealkylation sites (N-methyl/N-ethyl adjacent to an activating group) is 1. The van der Waals surface area contributed by atoms with Gasteiger partial charge in [-0.15, -0.1) is 0 Å². The molecule has 2 aromatic carbocycles. The van der Waals surface area contributed by atoms with E-state index in [9.17, 15) is 22.8 Å². The predicted octanol–water partition coefficient (Wildman–Crippen LogP) is 3.58. The van der Waals surface area contributed by atoms with Crippen LogP contribution in [0.3, 0.4) is 0 Å². The predicted molar refractivity (Wildman–Crippen MR) is 99.1 cm³/mol. The van der Waals surface area contributed by atoms with E-state index in [1.165, 1.54) is 12.1 Å². The molecule has 1 aliphatic heterocycles. The van der Waals surface area contributed by atoms with E-state index in [0.29, 0.717) is 30.4 Å². The molecule has 1 aliphatic rings. The smallest absolute Gasteiger partial charge is 0.417 e. The molecule has 0 spiro atoms. The van der Waals surface area contributed by atoms with Crippen molar-refractivity contribution in [3.8, 4) is 11.5 Å². The maximum absolute atomic E-state index is 13.2. The van der Waals surface area contributed by atoms with E-state index in [1.807, 2.05) is 0 Å². The topological polar surface area (TPSA) is 67.9 Å². The Morgan fingerprint density at radius 1 is 1.07 bits per heavy atom. The summed E-state index contributed by atoms with van der Waals surface area (Å²) in [6.45, 7) is 2.09. The monoisotopic (exact) mass is 408 g/mol. The van der Waals surface area contributed by atoms with Crippen LogP contribution in [0.25, 0.3) is 0 Å². The highest BCUT2D eigenvalue weighted by atomic mass is 19.4. The number of amides is 2. The minimum Gasteiger partial charge on any atom is -0.486 e. The molecule has 0 atom stereocenters. The maximum atomic E-state index is 13.2. The minimum atomic E-state index is -4.67. The standard InChI is InChI=1S/C20H19F3N2O4/c1-2-25(19(27)14-5-3-4-6-15(14)20(21,22)23)12-18(26)24-13-7-8-16-17(11-13)29-10-9-28-16/h3-8,11H,2,9-10,12H2,1H3,(H,24,26). The van der Waals surface area contributed by atoms with Crippen LogP contribution < -0.4 is 14.8 Å². The number of halogens is 3. The Bertz CT molecular complexity index is 915. The van der Waals surface area contributed by atoms with Gasteiger partial charge in [0.25, 0.3) is 5.91 Å². The van der Waals surface area contributed by atoms with Crippen LogP contribution in [0.4, 0.5) is 18.9 Å². The third kappa shape index (κ3) is 4.79.